The van der Waals surface area contributed by atoms with Crippen LogP contribution in [0.1, 0.15) is 44.6 Å². The van der Waals surface area contributed by atoms with Crippen molar-refractivity contribution in [1.29, 1.82) is 0 Å². The van der Waals surface area contributed by atoms with Crippen LogP contribution in [-0.4, -0.2) is 47.8 Å². The molecule has 2 aliphatic heterocycles. The lowest BCUT2D eigenvalue weighted by Crippen LogP contribution is -2.47. The number of benzene rings is 1. The fourth-order valence-corrected chi connectivity index (χ4v) is 4.26. The van der Waals surface area contributed by atoms with Gasteiger partial charge in [0.15, 0.2) is 0 Å². The monoisotopic (exact) mass is 360 g/mol. The molecule has 5 heteroatoms. The van der Waals surface area contributed by atoms with Crippen molar-refractivity contribution in [3.05, 3.63) is 35.6 Å². The van der Waals surface area contributed by atoms with E-state index in [0.29, 0.717) is 19.0 Å². The van der Waals surface area contributed by atoms with E-state index in [2.05, 4.69) is 0 Å². The third-order valence-corrected chi connectivity index (χ3v) is 5.90. The highest BCUT2D eigenvalue weighted by Crippen LogP contribution is 2.26. The molecule has 1 aromatic carbocycles. The first-order valence-corrected chi connectivity index (χ1v) is 9.82. The molecule has 0 bridgehead atoms. The van der Waals surface area contributed by atoms with E-state index in [9.17, 15) is 14.0 Å². The van der Waals surface area contributed by atoms with Crippen molar-refractivity contribution >= 4 is 11.8 Å². The van der Waals surface area contributed by atoms with Gasteiger partial charge in [0.05, 0.1) is 0 Å². The number of carbonyl (C=O) groups is 2. The number of amides is 2. The summed E-state index contributed by atoms with van der Waals surface area (Å²) < 4.78 is 13.8. The van der Waals surface area contributed by atoms with Crippen molar-refractivity contribution < 1.29 is 14.0 Å². The summed E-state index contributed by atoms with van der Waals surface area (Å²) in [6.45, 7) is 4.60. The second-order valence-corrected chi connectivity index (χ2v) is 7.70. The zero-order valence-corrected chi connectivity index (χ0v) is 15.6. The number of piperidine rings is 2. The molecule has 1 atom stereocenters. The molecule has 0 N–H and O–H groups in total. The van der Waals surface area contributed by atoms with E-state index in [1.165, 1.54) is 6.07 Å². The molecular formula is C21H29FN2O2. The van der Waals surface area contributed by atoms with Crippen LogP contribution in [0.2, 0.25) is 0 Å². The minimum atomic E-state index is -0.131. The average Bonchev–Trinajstić information content (AvgIpc) is 2.67. The normalized spacial score (nSPS) is 21.7. The van der Waals surface area contributed by atoms with Gasteiger partial charge in [0.25, 0.3) is 0 Å². The molecule has 0 spiro atoms. The molecule has 2 aliphatic rings. The van der Waals surface area contributed by atoms with Crippen molar-refractivity contribution in [2.75, 3.05) is 26.2 Å². The second kappa shape index (κ2) is 8.65. The zero-order valence-electron chi connectivity index (χ0n) is 15.6. The highest BCUT2D eigenvalue weighted by molar-refractivity contribution is 5.79. The van der Waals surface area contributed by atoms with E-state index in [4.69, 9.17) is 0 Å². The molecule has 0 unspecified atom stereocenters. The predicted octanol–water partition coefficient (Wildman–Crippen LogP) is 3.26. The molecule has 1 aromatic rings. The summed E-state index contributed by atoms with van der Waals surface area (Å²) in [6.07, 6.45) is 5.34. The third kappa shape index (κ3) is 4.63. The van der Waals surface area contributed by atoms with E-state index >= 15 is 0 Å². The van der Waals surface area contributed by atoms with Gasteiger partial charge in [-0.15, -0.1) is 0 Å². The standard InChI is InChI=1S/C21H29FN2O2/c1-16(25)23-13-10-19(11-14-23)21(26)24-12-4-5-17(15-24)8-9-18-6-2-3-7-20(18)22/h2-3,6-7,17,19H,4-5,8-15H2,1H3/t17-/m1/s1. The van der Waals surface area contributed by atoms with Crippen LogP contribution in [0.25, 0.3) is 0 Å². The first kappa shape index (κ1) is 18.9. The van der Waals surface area contributed by atoms with Gasteiger partial charge in [0.2, 0.25) is 11.8 Å². The van der Waals surface area contributed by atoms with Crippen LogP contribution in [-0.2, 0) is 16.0 Å². The van der Waals surface area contributed by atoms with E-state index in [-0.39, 0.29) is 23.5 Å². The van der Waals surface area contributed by atoms with Crippen LogP contribution in [0.15, 0.2) is 24.3 Å². The molecular weight excluding hydrogens is 331 g/mol. The first-order valence-electron chi connectivity index (χ1n) is 9.82. The van der Waals surface area contributed by atoms with Crippen LogP contribution in [0, 0.1) is 17.7 Å². The minimum Gasteiger partial charge on any atom is -0.343 e. The Labute approximate surface area is 155 Å². The Hall–Kier alpha value is -1.91. The molecule has 0 radical (unpaired) electrons. The molecule has 2 amide bonds. The topological polar surface area (TPSA) is 40.6 Å². The first-order chi connectivity index (χ1) is 12.5. The van der Waals surface area contributed by atoms with Gasteiger partial charge in [-0.25, -0.2) is 4.39 Å². The number of carbonyl (C=O) groups excluding carboxylic acids is 2. The molecule has 2 fully saturated rings. The second-order valence-electron chi connectivity index (χ2n) is 7.70. The van der Waals surface area contributed by atoms with Crippen LogP contribution in [0.4, 0.5) is 4.39 Å². The molecule has 3 rings (SSSR count). The van der Waals surface area contributed by atoms with Gasteiger partial charge >= 0.3 is 0 Å². The fourth-order valence-electron chi connectivity index (χ4n) is 4.26. The largest absolute Gasteiger partial charge is 0.343 e. The van der Waals surface area contributed by atoms with E-state index < -0.39 is 0 Å². The Morgan fingerprint density at radius 3 is 2.50 bits per heavy atom. The summed E-state index contributed by atoms with van der Waals surface area (Å²) in [5.41, 5.74) is 0.771. The van der Waals surface area contributed by atoms with Gasteiger partial charge < -0.3 is 9.80 Å². The summed E-state index contributed by atoms with van der Waals surface area (Å²) in [6, 6.07) is 6.96. The molecule has 26 heavy (non-hydrogen) atoms. The van der Waals surface area contributed by atoms with Gasteiger partial charge in [-0.3, -0.25) is 9.59 Å². The Morgan fingerprint density at radius 2 is 1.81 bits per heavy atom. The Balaban J connectivity index is 1.49. The summed E-state index contributed by atoms with van der Waals surface area (Å²) in [4.78, 5) is 28.2. The smallest absolute Gasteiger partial charge is 0.225 e. The van der Waals surface area contributed by atoms with Gasteiger partial charge in [-0.1, -0.05) is 18.2 Å². The maximum atomic E-state index is 13.8. The number of likely N-dealkylation sites (tertiary alicyclic amines) is 2. The van der Waals surface area contributed by atoms with Crippen molar-refractivity contribution in [2.24, 2.45) is 11.8 Å². The maximum absolute atomic E-state index is 13.8. The van der Waals surface area contributed by atoms with Crippen LogP contribution in [0.5, 0.6) is 0 Å². The average molecular weight is 360 g/mol. The van der Waals surface area contributed by atoms with Gasteiger partial charge in [0, 0.05) is 39.0 Å². The molecule has 142 valence electrons. The Kier molecular flexibility index (Phi) is 6.28. The minimum absolute atomic E-state index is 0.0518. The number of rotatable bonds is 4. The number of hydrogen-bond donors (Lipinski definition) is 0. The van der Waals surface area contributed by atoms with Crippen LogP contribution in [0.3, 0.4) is 0 Å². The van der Waals surface area contributed by atoms with Gasteiger partial charge in [-0.05, 0) is 56.1 Å². The van der Waals surface area contributed by atoms with Crippen LogP contribution < -0.4 is 0 Å². The number of hydrogen-bond acceptors (Lipinski definition) is 2. The highest BCUT2D eigenvalue weighted by Gasteiger charge is 2.31. The van der Waals surface area contributed by atoms with E-state index in [0.717, 1.165) is 57.2 Å². The molecule has 4 nitrogen and oxygen atoms in total. The maximum Gasteiger partial charge on any atom is 0.225 e. The molecule has 0 aliphatic carbocycles. The molecule has 0 aromatic heterocycles. The summed E-state index contributed by atoms with van der Waals surface area (Å²) in [5.74, 6) is 0.722. The lowest BCUT2D eigenvalue weighted by atomic mass is 9.89. The number of halogens is 1. The van der Waals surface area contributed by atoms with Crippen molar-refractivity contribution in [1.82, 2.24) is 9.80 Å². The van der Waals surface area contributed by atoms with Gasteiger partial charge in [0.1, 0.15) is 5.82 Å². The molecule has 0 saturated carbocycles. The summed E-state index contributed by atoms with van der Waals surface area (Å²) >= 11 is 0. The Bertz CT molecular complexity index is 641. The zero-order chi connectivity index (χ0) is 18.5. The van der Waals surface area contributed by atoms with Crippen molar-refractivity contribution in [2.45, 2.75) is 45.4 Å². The van der Waals surface area contributed by atoms with Gasteiger partial charge in [-0.2, -0.15) is 0 Å². The third-order valence-electron chi connectivity index (χ3n) is 5.90. The van der Waals surface area contributed by atoms with E-state index in [1.807, 2.05) is 21.9 Å². The summed E-state index contributed by atoms with van der Waals surface area (Å²) in [7, 11) is 0. The lowest BCUT2D eigenvalue weighted by molar-refractivity contribution is -0.141. The van der Waals surface area contributed by atoms with Crippen molar-refractivity contribution in [3.8, 4) is 0 Å². The van der Waals surface area contributed by atoms with E-state index in [1.54, 1.807) is 13.0 Å². The van der Waals surface area contributed by atoms with Crippen LogP contribution >= 0.6 is 0 Å². The van der Waals surface area contributed by atoms with Crippen molar-refractivity contribution in [3.63, 3.8) is 0 Å². The predicted molar refractivity (Wildman–Crippen MR) is 99.0 cm³/mol. The molecule has 2 saturated heterocycles. The highest BCUT2D eigenvalue weighted by atomic mass is 19.1. The summed E-state index contributed by atoms with van der Waals surface area (Å²) in [5, 5.41) is 0. The quantitative estimate of drug-likeness (QED) is 0.827. The SMILES string of the molecule is CC(=O)N1CCC(C(=O)N2CCC[C@H](CCc3ccccc3F)C2)CC1. The number of nitrogens with zero attached hydrogens (tertiary/aromatic N) is 2. The lowest BCUT2D eigenvalue weighted by Gasteiger charge is -2.37. The Morgan fingerprint density at radius 1 is 1.08 bits per heavy atom. The number of aryl methyl sites for hydroxylation is 1. The fraction of sp³-hybridized carbons (Fsp3) is 0.619. The molecule has 2 heterocycles.